The molecule has 1 amide bonds. The van der Waals surface area contributed by atoms with Gasteiger partial charge < -0.3 is 25.6 Å². The Bertz CT molecular complexity index is 1440. The molecular formula is C25H33ClF5N5O6S. The Morgan fingerprint density at radius 3 is 2.51 bits per heavy atom. The van der Waals surface area contributed by atoms with Crippen molar-refractivity contribution in [3.8, 4) is 17.0 Å². The molecule has 0 saturated heterocycles. The molecule has 2 aromatic heterocycles. The van der Waals surface area contributed by atoms with Crippen LogP contribution in [0.1, 0.15) is 56.9 Å². The van der Waals surface area contributed by atoms with Crippen molar-refractivity contribution >= 4 is 33.2 Å². The molecule has 1 fully saturated rings. The first-order chi connectivity index (χ1) is 19.7. The first kappa shape index (κ1) is 34.7. The molecule has 0 aliphatic heterocycles. The number of pyridine rings is 1. The van der Waals surface area contributed by atoms with Crippen LogP contribution in [0.2, 0.25) is 5.02 Å². The van der Waals surface area contributed by atoms with Gasteiger partial charge in [0.05, 0.1) is 34.1 Å². The minimum atomic E-state index is -4.51. The van der Waals surface area contributed by atoms with Gasteiger partial charge in [-0.25, -0.2) is 13.4 Å². The van der Waals surface area contributed by atoms with Crippen LogP contribution >= 0.6 is 11.6 Å². The maximum Gasteiger partial charge on any atom is 0.391 e. The molecule has 11 nitrogen and oxygen atoms in total. The van der Waals surface area contributed by atoms with Crippen LogP contribution in [0.25, 0.3) is 11.3 Å². The Balaban J connectivity index is 1.89. The second-order valence-corrected chi connectivity index (χ2v) is 13.8. The fourth-order valence-electron chi connectivity index (χ4n) is 4.92. The Labute approximate surface area is 249 Å². The van der Waals surface area contributed by atoms with Crippen molar-refractivity contribution < 1.29 is 50.1 Å². The zero-order chi connectivity index (χ0) is 32.5. The number of carbonyl (C=O) groups is 1. The summed E-state index contributed by atoms with van der Waals surface area (Å²) >= 11 is 6.49. The number of amides is 1. The second-order valence-electron chi connectivity index (χ2n) is 11.1. The van der Waals surface area contributed by atoms with E-state index in [1.807, 2.05) is 0 Å². The molecule has 1 saturated carbocycles. The topological polar surface area (TPSA) is 156 Å². The van der Waals surface area contributed by atoms with Crippen molar-refractivity contribution in [3.05, 3.63) is 23.0 Å². The lowest BCUT2D eigenvalue weighted by atomic mass is 9.82. The summed E-state index contributed by atoms with van der Waals surface area (Å²) in [6.07, 6.45) is -5.41. The highest BCUT2D eigenvalue weighted by molar-refractivity contribution is 7.91. The van der Waals surface area contributed by atoms with Gasteiger partial charge in [0.1, 0.15) is 27.0 Å². The summed E-state index contributed by atoms with van der Waals surface area (Å²) in [5, 5.41) is 29.3. The number of aliphatic hydroxyl groups excluding tert-OH is 1. The van der Waals surface area contributed by atoms with E-state index in [4.69, 9.17) is 11.6 Å². The molecule has 0 spiro atoms. The molecule has 1 aliphatic rings. The molecule has 43 heavy (non-hydrogen) atoms. The maximum absolute atomic E-state index is 13.4. The number of rotatable bonds is 11. The highest BCUT2D eigenvalue weighted by atomic mass is 35.5. The molecule has 0 radical (unpaired) electrons. The van der Waals surface area contributed by atoms with E-state index in [9.17, 15) is 45.4 Å². The lowest BCUT2D eigenvalue weighted by Crippen LogP contribution is -2.56. The quantitative estimate of drug-likeness (QED) is 0.263. The van der Waals surface area contributed by atoms with Crippen molar-refractivity contribution in [2.45, 2.75) is 88.3 Å². The standard InChI is InChI=1S/C25H33ClF5N5O6S/c1-5-36-20(14-10-32-17(9-15(14)42-22(27)28)34-23(2,3)11-25(29,30)31)18(26)19(35-36)21(38)33-12-24(39)7-6-13(8-16(24)37)43(4,40)41/h9-10,13,16,22,37,39H,5-8,11-12H2,1-4H3,(H,32,34)(H,33,38)/t13-,16-,24-/m1/s1. The van der Waals surface area contributed by atoms with Gasteiger partial charge in [0.2, 0.25) is 0 Å². The van der Waals surface area contributed by atoms with E-state index in [2.05, 4.69) is 25.5 Å². The van der Waals surface area contributed by atoms with Crippen molar-refractivity contribution in [2.75, 3.05) is 18.1 Å². The minimum absolute atomic E-state index is 0.0500. The summed E-state index contributed by atoms with van der Waals surface area (Å²) in [6, 6.07) is 0.979. The number of nitrogens with one attached hydrogen (secondary N) is 2. The van der Waals surface area contributed by atoms with Gasteiger partial charge in [0.25, 0.3) is 5.91 Å². The first-order valence-electron chi connectivity index (χ1n) is 13.1. The van der Waals surface area contributed by atoms with E-state index < -0.39 is 69.7 Å². The highest BCUT2D eigenvalue weighted by Gasteiger charge is 2.44. The van der Waals surface area contributed by atoms with Crippen LogP contribution in [-0.4, -0.2) is 87.4 Å². The molecule has 0 bridgehead atoms. The van der Waals surface area contributed by atoms with Gasteiger partial charge in [0.15, 0.2) is 5.69 Å². The first-order valence-corrected chi connectivity index (χ1v) is 15.4. The number of aryl methyl sites for hydroxylation is 1. The molecule has 3 atom stereocenters. The predicted molar refractivity (Wildman–Crippen MR) is 147 cm³/mol. The Morgan fingerprint density at radius 1 is 1.33 bits per heavy atom. The van der Waals surface area contributed by atoms with Crippen LogP contribution in [0.4, 0.5) is 27.8 Å². The summed E-state index contributed by atoms with van der Waals surface area (Å²) in [7, 11) is -3.45. The van der Waals surface area contributed by atoms with E-state index in [0.29, 0.717) is 0 Å². The number of aromatic nitrogens is 3. The van der Waals surface area contributed by atoms with Gasteiger partial charge in [-0.1, -0.05) is 11.6 Å². The van der Waals surface area contributed by atoms with E-state index in [1.165, 1.54) is 18.5 Å². The molecule has 18 heteroatoms. The number of hydrogen-bond acceptors (Lipinski definition) is 9. The summed E-state index contributed by atoms with van der Waals surface area (Å²) in [5.41, 5.74) is -3.93. The summed E-state index contributed by atoms with van der Waals surface area (Å²) in [5.74, 6) is -1.58. The van der Waals surface area contributed by atoms with Gasteiger partial charge in [-0.05, 0) is 40.0 Å². The Hall–Kier alpha value is -2.76. The van der Waals surface area contributed by atoms with Crippen LogP contribution in [0.3, 0.4) is 0 Å². The fraction of sp³-hybridized carbons (Fsp3) is 0.640. The molecule has 242 valence electrons. The lowest BCUT2D eigenvalue weighted by molar-refractivity contribution is -0.142. The number of hydrogen-bond donors (Lipinski definition) is 4. The summed E-state index contributed by atoms with van der Waals surface area (Å²) < 4.78 is 95.1. The number of nitrogens with zero attached hydrogens (tertiary/aromatic N) is 3. The van der Waals surface area contributed by atoms with Gasteiger partial charge in [0, 0.05) is 37.1 Å². The number of sulfone groups is 1. The molecule has 1 aliphatic carbocycles. The molecule has 2 aromatic rings. The molecule has 0 aromatic carbocycles. The molecule has 3 rings (SSSR count). The van der Waals surface area contributed by atoms with Gasteiger partial charge >= 0.3 is 12.8 Å². The third kappa shape index (κ3) is 8.67. The Kier molecular flexibility index (Phi) is 10.2. The fourth-order valence-corrected chi connectivity index (χ4v) is 6.32. The third-order valence-electron chi connectivity index (χ3n) is 7.02. The number of aliphatic hydroxyl groups is 2. The molecule has 0 unspecified atom stereocenters. The molecule has 4 N–H and O–H groups in total. The number of anilines is 1. The zero-order valence-electron chi connectivity index (χ0n) is 23.7. The normalized spacial score (nSPS) is 21.6. The van der Waals surface area contributed by atoms with Crippen LogP contribution in [0.15, 0.2) is 12.3 Å². The van der Waals surface area contributed by atoms with E-state index in [1.54, 1.807) is 6.92 Å². The zero-order valence-corrected chi connectivity index (χ0v) is 25.2. The van der Waals surface area contributed by atoms with E-state index >= 15 is 0 Å². The average molecular weight is 662 g/mol. The van der Waals surface area contributed by atoms with Crippen molar-refractivity contribution in [3.63, 3.8) is 0 Å². The van der Waals surface area contributed by atoms with Crippen molar-refractivity contribution in [1.29, 1.82) is 0 Å². The maximum atomic E-state index is 13.4. The summed E-state index contributed by atoms with van der Waals surface area (Å²) in [4.78, 5) is 17.1. The van der Waals surface area contributed by atoms with E-state index in [-0.39, 0.29) is 53.6 Å². The monoisotopic (exact) mass is 661 g/mol. The smallest absolute Gasteiger partial charge is 0.391 e. The highest BCUT2D eigenvalue weighted by Crippen LogP contribution is 2.39. The minimum Gasteiger partial charge on any atom is -0.434 e. The number of carbonyl (C=O) groups excluding carboxylic acids is 1. The van der Waals surface area contributed by atoms with Crippen LogP contribution in [-0.2, 0) is 16.4 Å². The number of ether oxygens (including phenoxy) is 1. The predicted octanol–water partition coefficient (Wildman–Crippen LogP) is 3.78. The third-order valence-corrected chi connectivity index (χ3v) is 9.02. The second kappa shape index (κ2) is 12.7. The summed E-state index contributed by atoms with van der Waals surface area (Å²) in [6.45, 7) is 0.412. The van der Waals surface area contributed by atoms with Gasteiger partial charge in [-0.2, -0.15) is 27.1 Å². The number of alkyl halides is 5. The van der Waals surface area contributed by atoms with Crippen LogP contribution < -0.4 is 15.4 Å². The molecule has 2 heterocycles. The van der Waals surface area contributed by atoms with Gasteiger partial charge in [-0.3, -0.25) is 9.48 Å². The van der Waals surface area contributed by atoms with E-state index in [0.717, 1.165) is 18.5 Å². The van der Waals surface area contributed by atoms with Crippen molar-refractivity contribution in [1.82, 2.24) is 20.1 Å². The SMILES string of the molecule is CCn1nc(C(=O)NC[C@]2(O)CC[C@@H](S(C)(=O)=O)C[C@H]2O)c(Cl)c1-c1cnc(NC(C)(C)CC(F)(F)F)cc1OC(F)F. The Morgan fingerprint density at radius 2 is 1.98 bits per heavy atom. The average Bonchev–Trinajstić information content (AvgIpc) is 3.18. The van der Waals surface area contributed by atoms with Crippen LogP contribution in [0, 0.1) is 0 Å². The number of halogens is 6. The van der Waals surface area contributed by atoms with Crippen molar-refractivity contribution in [2.24, 2.45) is 0 Å². The van der Waals surface area contributed by atoms with Gasteiger partial charge in [-0.15, -0.1) is 0 Å². The molecular weight excluding hydrogens is 629 g/mol. The largest absolute Gasteiger partial charge is 0.434 e. The van der Waals surface area contributed by atoms with Crippen LogP contribution in [0.5, 0.6) is 5.75 Å². The lowest BCUT2D eigenvalue weighted by Gasteiger charge is -2.39.